The molecule has 312 valence electrons. The third-order valence-electron chi connectivity index (χ3n) is 11.8. The maximum absolute atomic E-state index is 14.3. The first-order valence-corrected chi connectivity index (χ1v) is 19.6. The van der Waals surface area contributed by atoms with Gasteiger partial charge in [0, 0.05) is 63.5 Å². The minimum Gasteiger partial charge on any atom is -0.450 e. The summed E-state index contributed by atoms with van der Waals surface area (Å²) in [5, 5.41) is 2.94. The van der Waals surface area contributed by atoms with Crippen molar-refractivity contribution in [2.24, 2.45) is 11.8 Å². The predicted octanol–water partition coefficient (Wildman–Crippen LogP) is 7.82. The standard InChI is InChI=1S/C40H49F6N5O6/c1-3-56-37(54)48-14-8-27(9-15-48)29-11-18-50(25(2)20-29)35(52)34(23-26-21-30(39(41,42)43)24-31(22-26)40(44,45)46)57-38(55)49-16-12-32(13-17-49)51-19-10-28-6-4-5-7-33(28)47-36(51)53/h4-7,21-22,24-25,27,29,32,34H,3,8-20,23H2,1-2H3,(H,47,53)/t25?,29?,34-/m1/s1. The maximum atomic E-state index is 14.3. The molecule has 0 bridgehead atoms. The van der Waals surface area contributed by atoms with Crippen LogP contribution in [-0.2, 0) is 39.5 Å². The summed E-state index contributed by atoms with van der Waals surface area (Å²) in [5.41, 5.74) is -1.78. The fourth-order valence-corrected chi connectivity index (χ4v) is 8.74. The van der Waals surface area contributed by atoms with Crippen molar-refractivity contribution >= 4 is 29.8 Å². The summed E-state index contributed by atoms with van der Waals surface area (Å²) < 4.78 is 93.7. The van der Waals surface area contributed by atoms with Crippen LogP contribution in [0.1, 0.15) is 74.6 Å². The highest BCUT2D eigenvalue weighted by molar-refractivity contribution is 5.91. The highest BCUT2D eigenvalue weighted by Crippen LogP contribution is 2.38. The smallest absolute Gasteiger partial charge is 0.416 e. The van der Waals surface area contributed by atoms with Gasteiger partial charge in [-0.1, -0.05) is 18.2 Å². The molecule has 0 aliphatic carbocycles. The molecule has 3 fully saturated rings. The summed E-state index contributed by atoms with van der Waals surface area (Å²) in [5.74, 6) is -0.199. The Balaban J connectivity index is 1.15. The second-order valence-corrected chi connectivity index (χ2v) is 15.4. The lowest BCUT2D eigenvalue weighted by molar-refractivity contribution is -0.145. The molecule has 0 radical (unpaired) electrons. The molecule has 4 aliphatic heterocycles. The summed E-state index contributed by atoms with van der Waals surface area (Å²) in [6.07, 6.45) is -9.78. The Kier molecular flexibility index (Phi) is 12.8. The van der Waals surface area contributed by atoms with Gasteiger partial charge >= 0.3 is 30.6 Å². The van der Waals surface area contributed by atoms with E-state index in [0.717, 1.165) is 24.1 Å². The molecule has 5 amide bonds. The Morgan fingerprint density at radius 2 is 1.40 bits per heavy atom. The van der Waals surface area contributed by atoms with Crippen LogP contribution in [0.25, 0.3) is 0 Å². The lowest BCUT2D eigenvalue weighted by atomic mass is 9.76. The van der Waals surface area contributed by atoms with Crippen LogP contribution in [-0.4, -0.2) is 108 Å². The molecular formula is C40H49F6N5O6. The highest BCUT2D eigenvalue weighted by Gasteiger charge is 2.41. The van der Waals surface area contributed by atoms with E-state index in [1.165, 1.54) is 9.80 Å². The van der Waals surface area contributed by atoms with Crippen molar-refractivity contribution in [3.05, 3.63) is 64.7 Å². The van der Waals surface area contributed by atoms with Gasteiger partial charge in [-0.15, -0.1) is 0 Å². The van der Waals surface area contributed by atoms with Crippen LogP contribution in [0, 0.1) is 11.8 Å². The molecule has 0 spiro atoms. The lowest BCUT2D eigenvalue weighted by Crippen LogP contribution is -2.53. The third-order valence-corrected chi connectivity index (χ3v) is 11.8. The number of nitrogens with one attached hydrogen (secondary N) is 1. The normalized spacial score (nSPS) is 22.0. The van der Waals surface area contributed by atoms with Gasteiger partial charge in [-0.05, 0) is 106 Å². The van der Waals surface area contributed by atoms with E-state index in [2.05, 4.69) is 5.32 Å². The molecule has 2 aromatic rings. The van der Waals surface area contributed by atoms with Gasteiger partial charge in [0.2, 0.25) is 0 Å². The molecule has 4 aliphatic rings. The molecule has 2 unspecified atom stereocenters. The maximum Gasteiger partial charge on any atom is 0.416 e. The molecule has 17 heteroatoms. The number of piperidine rings is 3. The van der Waals surface area contributed by atoms with E-state index in [1.54, 1.807) is 16.7 Å². The molecular weight excluding hydrogens is 760 g/mol. The van der Waals surface area contributed by atoms with Crippen LogP contribution in [0.3, 0.4) is 0 Å². The zero-order chi connectivity index (χ0) is 41.1. The molecule has 3 saturated heterocycles. The number of amides is 5. The molecule has 2 aromatic carbocycles. The molecule has 3 atom stereocenters. The number of carbonyl (C=O) groups is 4. The Morgan fingerprint density at radius 3 is 2.02 bits per heavy atom. The van der Waals surface area contributed by atoms with Gasteiger partial charge in [0.05, 0.1) is 17.7 Å². The van der Waals surface area contributed by atoms with Gasteiger partial charge in [-0.3, -0.25) is 4.79 Å². The van der Waals surface area contributed by atoms with E-state index >= 15 is 0 Å². The fraction of sp³-hybridized carbons (Fsp3) is 0.600. The number of halogens is 6. The number of alkyl halides is 6. The number of nitrogens with zero attached hydrogens (tertiary/aromatic N) is 4. The largest absolute Gasteiger partial charge is 0.450 e. The first-order chi connectivity index (χ1) is 27.0. The number of rotatable bonds is 7. The molecule has 11 nitrogen and oxygen atoms in total. The summed E-state index contributed by atoms with van der Waals surface area (Å²) in [6, 6.07) is 7.81. The van der Waals surface area contributed by atoms with Crippen molar-refractivity contribution in [1.82, 2.24) is 19.6 Å². The second-order valence-electron chi connectivity index (χ2n) is 15.4. The van der Waals surface area contributed by atoms with E-state index in [-0.39, 0.29) is 68.4 Å². The lowest BCUT2D eigenvalue weighted by Gasteiger charge is -2.44. The van der Waals surface area contributed by atoms with Crippen molar-refractivity contribution in [2.75, 3.05) is 51.2 Å². The summed E-state index contributed by atoms with van der Waals surface area (Å²) in [4.78, 5) is 59.5. The van der Waals surface area contributed by atoms with Crippen LogP contribution in [0.4, 0.5) is 46.4 Å². The van der Waals surface area contributed by atoms with Crippen LogP contribution >= 0.6 is 0 Å². The van der Waals surface area contributed by atoms with Gasteiger partial charge in [0.1, 0.15) is 0 Å². The van der Waals surface area contributed by atoms with Crippen molar-refractivity contribution in [2.45, 2.75) is 95.8 Å². The number of urea groups is 1. The van der Waals surface area contributed by atoms with Crippen LogP contribution in [0.15, 0.2) is 42.5 Å². The number of likely N-dealkylation sites (tertiary alicyclic amines) is 3. The topological polar surface area (TPSA) is 112 Å². The Hall–Kier alpha value is -4.70. The summed E-state index contributed by atoms with van der Waals surface area (Å²) in [7, 11) is 0. The van der Waals surface area contributed by atoms with E-state index < -0.39 is 53.6 Å². The number of para-hydroxylation sites is 1. The van der Waals surface area contributed by atoms with Crippen molar-refractivity contribution in [3.63, 3.8) is 0 Å². The Labute approximate surface area is 327 Å². The number of hydrogen-bond acceptors (Lipinski definition) is 6. The zero-order valence-electron chi connectivity index (χ0n) is 32.0. The second kappa shape index (κ2) is 17.4. The molecule has 0 aromatic heterocycles. The van der Waals surface area contributed by atoms with Crippen molar-refractivity contribution < 1.29 is 55.0 Å². The number of benzene rings is 2. The highest BCUT2D eigenvalue weighted by atomic mass is 19.4. The summed E-state index contributed by atoms with van der Waals surface area (Å²) in [6.45, 7) is 5.96. The average Bonchev–Trinajstić information content (AvgIpc) is 3.34. The quantitative estimate of drug-likeness (QED) is 0.286. The van der Waals surface area contributed by atoms with Gasteiger partial charge in [0.25, 0.3) is 5.91 Å². The number of ether oxygens (including phenoxy) is 2. The minimum absolute atomic E-state index is 0.0177. The molecule has 57 heavy (non-hydrogen) atoms. The SMILES string of the molecule is CCOC(=O)N1CCC(C2CCN(C(=O)[C@@H](Cc3cc(C(F)(F)F)cc(C(F)(F)F)c3)OC(=O)N3CCC(N4CCc5ccccc5NC4=O)CC3)C(C)C2)CC1. The molecule has 1 N–H and O–H groups in total. The van der Waals surface area contributed by atoms with Crippen LogP contribution < -0.4 is 5.32 Å². The van der Waals surface area contributed by atoms with Gasteiger partial charge in [-0.2, -0.15) is 26.3 Å². The van der Waals surface area contributed by atoms with E-state index in [9.17, 15) is 45.5 Å². The van der Waals surface area contributed by atoms with Gasteiger partial charge in [-0.25, -0.2) is 14.4 Å². The van der Waals surface area contributed by atoms with Crippen molar-refractivity contribution in [1.29, 1.82) is 0 Å². The van der Waals surface area contributed by atoms with Crippen molar-refractivity contribution in [3.8, 4) is 0 Å². The molecule has 6 rings (SSSR count). The number of hydrogen-bond donors (Lipinski definition) is 1. The average molecular weight is 810 g/mol. The van der Waals surface area contributed by atoms with Gasteiger partial charge in [0.15, 0.2) is 6.10 Å². The van der Waals surface area contributed by atoms with E-state index in [0.29, 0.717) is 63.9 Å². The minimum atomic E-state index is -5.10. The number of fused-ring (bicyclic) bond motifs is 1. The number of anilines is 1. The number of carbonyl (C=O) groups excluding carboxylic acids is 4. The fourth-order valence-electron chi connectivity index (χ4n) is 8.74. The van der Waals surface area contributed by atoms with Gasteiger partial charge < -0.3 is 34.4 Å². The molecule has 0 saturated carbocycles. The van der Waals surface area contributed by atoms with Crippen LogP contribution in [0.2, 0.25) is 0 Å². The Bertz CT molecular complexity index is 1740. The molecule has 4 heterocycles. The predicted molar refractivity (Wildman–Crippen MR) is 196 cm³/mol. The summed E-state index contributed by atoms with van der Waals surface area (Å²) >= 11 is 0. The zero-order valence-corrected chi connectivity index (χ0v) is 32.0. The first-order valence-electron chi connectivity index (χ1n) is 19.6. The van der Waals surface area contributed by atoms with E-state index in [4.69, 9.17) is 9.47 Å². The van der Waals surface area contributed by atoms with Crippen LogP contribution in [0.5, 0.6) is 0 Å². The monoisotopic (exact) mass is 809 g/mol. The Morgan fingerprint density at radius 1 is 0.807 bits per heavy atom. The van der Waals surface area contributed by atoms with E-state index in [1.807, 2.05) is 31.2 Å². The first kappa shape index (κ1) is 41.9. The third kappa shape index (κ3) is 10.1.